The Balaban J connectivity index is 2.10. The van der Waals surface area contributed by atoms with Gasteiger partial charge in [0.2, 0.25) is 5.91 Å². The van der Waals surface area contributed by atoms with Gasteiger partial charge >= 0.3 is 0 Å². The van der Waals surface area contributed by atoms with Crippen LogP contribution >= 0.6 is 0 Å². The standard InChI is InChI=1S/C18H19F3N2O3/c1-10(2)8-14(18(25)22-9-11-4-3-7-26-11)23-17(24)12-5-6-13(19)16(21)15(12)20/h3-7,10,14H,8-9H2,1-2H3,(H,22,25)(H,23,24)/t14-/m0/s1. The Morgan fingerprint density at radius 3 is 2.46 bits per heavy atom. The van der Waals surface area contributed by atoms with Crippen LogP contribution in [-0.4, -0.2) is 17.9 Å². The number of furan rings is 1. The predicted molar refractivity (Wildman–Crippen MR) is 87.6 cm³/mol. The lowest BCUT2D eigenvalue weighted by atomic mass is 10.0. The van der Waals surface area contributed by atoms with Crippen molar-refractivity contribution in [2.75, 3.05) is 0 Å². The van der Waals surface area contributed by atoms with Gasteiger partial charge in [-0.25, -0.2) is 13.2 Å². The van der Waals surface area contributed by atoms with Crippen molar-refractivity contribution in [3.05, 3.63) is 59.3 Å². The first-order valence-corrected chi connectivity index (χ1v) is 8.04. The molecule has 0 aliphatic heterocycles. The summed E-state index contributed by atoms with van der Waals surface area (Å²) in [6.45, 7) is 3.81. The summed E-state index contributed by atoms with van der Waals surface area (Å²) in [4.78, 5) is 24.6. The number of hydrogen-bond donors (Lipinski definition) is 2. The second-order valence-electron chi connectivity index (χ2n) is 6.18. The third kappa shape index (κ3) is 4.87. The summed E-state index contributed by atoms with van der Waals surface area (Å²) in [5.74, 6) is -5.65. The fourth-order valence-corrected chi connectivity index (χ4v) is 2.35. The van der Waals surface area contributed by atoms with E-state index < -0.39 is 40.9 Å². The smallest absolute Gasteiger partial charge is 0.255 e. The van der Waals surface area contributed by atoms with Crippen LogP contribution in [0, 0.1) is 23.4 Å². The number of carbonyl (C=O) groups excluding carboxylic acids is 2. The maximum atomic E-state index is 13.8. The van der Waals surface area contributed by atoms with E-state index in [0.717, 1.165) is 6.07 Å². The number of hydrogen-bond acceptors (Lipinski definition) is 3. The van der Waals surface area contributed by atoms with Gasteiger partial charge in [0, 0.05) is 0 Å². The first-order chi connectivity index (χ1) is 12.3. The topological polar surface area (TPSA) is 71.3 Å². The van der Waals surface area contributed by atoms with E-state index in [1.54, 1.807) is 12.1 Å². The van der Waals surface area contributed by atoms with Crippen LogP contribution < -0.4 is 10.6 Å². The van der Waals surface area contributed by atoms with Crippen LogP contribution in [0.1, 0.15) is 36.4 Å². The Morgan fingerprint density at radius 1 is 1.12 bits per heavy atom. The van der Waals surface area contributed by atoms with Crippen LogP contribution in [0.25, 0.3) is 0 Å². The summed E-state index contributed by atoms with van der Waals surface area (Å²) < 4.78 is 45.2. The number of carbonyl (C=O) groups is 2. The van der Waals surface area contributed by atoms with Gasteiger partial charge in [-0.3, -0.25) is 9.59 Å². The summed E-state index contributed by atoms with van der Waals surface area (Å²) in [6.07, 6.45) is 1.74. The molecule has 2 aromatic rings. The highest BCUT2D eigenvalue weighted by molar-refractivity contribution is 5.97. The molecule has 1 aromatic carbocycles. The maximum Gasteiger partial charge on any atom is 0.255 e. The molecule has 140 valence electrons. The number of amides is 2. The molecule has 0 radical (unpaired) electrons. The van der Waals surface area contributed by atoms with Crippen LogP contribution in [0.4, 0.5) is 13.2 Å². The molecule has 5 nitrogen and oxygen atoms in total. The van der Waals surface area contributed by atoms with E-state index in [0.29, 0.717) is 11.8 Å². The molecule has 0 unspecified atom stereocenters. The van der Waals surface area contributed by atoms with Crippen LogP contribution in [0.5, 0.6) is 0 Å². The summed E-state index contributed by atoms with van der Waals surface area (Å²) in [7, 11) is 0. The van der Waals surface area contributed by atoms with Gasteiger partial charge in [-0.2, -0.15) is 0 Å². The molecule has 0 bridgehead atoms. The number of benzene rings is 1. The largest absolute Gasteiger partial charge is 0.467 e. The molecule has 26 heavy (non-hydrogen) atoms. The highest BCUT2D eigenvalue weighted by Gasteiger charge is 2.25. The maximum absolute atomic E-state index is 13.8. The molecular weight excluding hydrogens is 349 g/mol. The monoisotopic (exact) mass is 368 g/mol. The third-order valence-corrected chi connectivity index (χ3v) is 3.63. The van der Waals surface area contributed by atoms with Crippen molar-refractivity contribution in [1.82, 2.24) is 10.6 Å². The van der Waals surface area contributed by atoms with Crippen molar-refractivity contribution < 1.29 is 27.2 Å². The van der Waals surface area contributed by atoms with Crippen molar-refractivity contribution in [2.45, 2.75) is 32.9 Å². The molecule has 0 aliphatic rings. The second kappa shape index (κ2) is 8.55. The van der Waals surface area contributed by atoms with E-state index in [9.17, 15) is 22.8 Å². The van der Waals surface area contributed by atoms with Gasteiger partial charge in [0.1, 0.15) is 11.8 Å². The van der Waals surface area contributed by atoms with Gasteiger partial charge in [0.25, 0.3) is 5.91 Å². The van der Waals surface area contributed by atoms with Crippen LogP contribution in [0.3, 0.4) is 0 Å². The molecule has 2 rings (SSSR count). The zero-order valence-corrected chi connectivity index (χ0v) is 14.3. The molecule has 1 heterocycles. The zero-order valence-electron chi connectivity index (χ0n) is 14.3. The Bertz CT molecular complexity index is 776. The number of nitrogens with one attached hydrogen (secondary N) is 2. The summed E-state index contributed by atoms with van der Waals surface area (Å²) >= 11 is 0. The summed E-state index contributed by atoms with van der Waals surface area (Å²) in [5.41, 5.74) is -0.670. The first kappa shape index (κ1) is 19.6. The molecule has 0 spiro atoms. The van der Waals surface area contributed by atoms with Gasteiger partial charge in [0.15, 0.2) is 17.5 Å². The minimum atomic E-state index is -1.74. The average Bonchev–Trinajstić information content (AvgIpc) is 3.10. The Morgan fingerprint density at radius 2 is 1.85 bits per heavy atom. The Hall–Kier alpha value is -2.77. The zero-order chi connectivity index (χ0) is 19.3. The molecule has 0 saturated heterocycles. The predicted octanol–water partition coefficient (Wildman–Crippen LogP) is 3.16. The molecular formula is C18H19F3N2O3. The van der Waals surface area contributed by atoms with Gasteiger partial charge in [-0.05, 0) is 36.6 Å². The van der Waals surface area contributed by atoms with E-state index in [1.165, 1.54) is 6.26 Å². The van der Waals surface area contributed by atoms with Crippen LogP contribution in [-0.2, 0) is 11.3 Å². The van der Waals surface area contributed by atoms with Crippen LogP contribution in [0.2, 0.25) is 0 Å². The molecule has 8 heteroatoms. The fraction of sp³-hybridized carbons (Fsp3) is 0.333. The lowest BCUT2D eigenvalue weighted by Gasteiger charge is -2.20. The Kier molecular flexibility index (Phi) is 6.43. The van der Waals surface area contributed by atoms with E-state index in [4.69, 9.17) is 4.42 Å². The van der Waals surface area contributed by atoms with Gasteiger partial charge in [-0.1, -0.05) is 13.8 Å². The Labute approximate surface area is 148 Å². The summed E-state index contributed by atoms with van der Waals surface area (Å²) in [6, 6.07) is 3.86. The highest BCUT2D eigenvalue weighted by Crippen LogP contribution is 2.16. The molecule has 1 aromatic heterocycles. The lowest BCUT2D eigenvalue weighted by Crippen LogP contribution is -2.47. The molecule has 0 fully saturated rings. The van der Waals surface area contributed by atoms with E-state index in [2.05, 4.69) is 10.6 Å². The number of halogens is 3. The molecule has 1 atom stereocenters. The van der Waals surface area contributed by atoms with Gasteiger partial charge < -0.3 is 15.1 Å². The van der Waals surface area contributed by atoms with Gasteiger partial charge in [-0.15, -0.1) is 0 Å². The minimum Gasteiger partial charge on any atom is -0.467 e. The van der Waals surface area contributed by atoms with Crippen LogP contribution in [0.15, 0.2) is 34.9 Å². The van der Waals surface area contributed by atoms with Gasteiger partial charge in [0.05, 0.1) is 18.4 Å². The van der Waals surface area contributed by atoms with E-state index >= 15 is 0 Å². The third-order valence-electron chi connectivity index (χ3n) is 3.63. The van der Waals surface area contributed by atoms with E-state index in [1.807, 2.05) is 13.8 Å². The van der Waals surface area contributed by atoms with Crippen molar-refractivity contribution in [2.24, 2.45) is 5.92 Å². The average molecular weight is 368 g/mol. The minimum absolute atomic E-state index is 0.0458. The molecule has 2 N–H and O–H groups in total. The quantitative estimate of drug-likeness (QED) is 0.738. The SMILES string of the molecule is CC(C)C[C@H](NC(=O)c1ccc(F)c(F)c1F)C(=O)NCc1ccco1. The highest BCUT2D eigenvalue weighted by atomic mass is 19.2. The molecule has 0 saturated carbocycles. The van der Waals surface area contributed by atoms with Crippen molar-refractivity contribution in [3.63, 3.8) is 0 Å². The van der Waals surface area contributed by atoms with E-state index in [-0.39, 0.29) is 18.9 Å². The first-order valence-electron chi connectivity index (χ1n) is 8.04. The van der Waals surface area contributed by atoms with Crippen molar-refractivity contribution in [3.8, 4) is 0 Å². The molecule has 2 amide bonds. The lowest BCUT2D eigenvalue weighted by molar-refractivity contribution is -0.123. The summed E-state index contributed by atoms with van der Waals surface area (Å²) in [5, 5.41) is 4.98. The second-order valence-corrected chi connectivity index (χ2v) is 6.18. The fourth-order valence-electron chi connectivity index (χ4n) is 2.35. The molecule has 0 aliphatic carbocycles. The number of rotatable bonds is 7. The van der Waals surface area contributed by atoms with Crippen molar-refractivity contribution >= 4 is 11.8 Å². The normalized spacial score (nSPS) is 12.1. The van der Waals surface area contributed by atoms with Crippen molar-refractivity contribution in [1.29, 1.82) is 0 Å².